The number of nitrogens with one attached hydrogen (secondary N) is 3. The Hall–Kier alpha value is -1.74. The molecule has 6 nitrogen and oxygen atoms in total. The van der Waals surface area contributed by atoms with Gasteiger partial charge in [0, 0.05) is 29.6 Å². The third-order valence-corrected chi connectivity index (χ3v) is 6.37. The van der Waals surface area contributed by atoms with Crippen molar-refractivity contribution in [1.29, 1.82) is 0 Å². The minimum Gasteiger partial charge on any atom is -0.348 e. The van der Waals surface area contributed by atoms with E-state index in [0.29, 0.717) is 5.56 Å². The molecule has 1 aromatic heterocycles. The molecule has 1 atom stereocenters. The van der Waals surface area contributed by atoms with Crippen LogP contribution >= 0.6 is 11.3 Å². The summed E-state index contributed by atoms with van der Waals surface area (Å²) < 4.78 is 27.2. The Morgan fingerprint density at radius 1 is 1.24 bits per heavy atom. The van der Waals surface area contributed by atoms with Gasteiger partial charge in [-0.05, 0) is 55.1 Å². The number of carbonyl (C=O) groups is 1. The number of rotatable bonds is 6. The van der Waals surface area contributed by atoms with E-state index in [9.17, 15) is 13.2 Å². The molecule has 3 N–H and O–H groups in total. The number of sulfonamides is 1. The largest absolute Gasteiger partial charge is 0.348 e. The highest BCUT2D eigenvalue weighted by Crippen LogP contribution is 2.14. The Bertz CT molecular complexity index is 796. The number of thiophene rings is 1. The molecule has 0 bridgehead atoms. The lowest BCUT2D eigenvalue weighted by Gasteiger charge is -2.23. The average molecular weight is 380 g/mol. The summed E-state index contributed by atoms with van der Waals surface area (Å²) in [5, 5.41) is 8.12. The van der Waals surface area contributed by atoms with Gasteiger partial charge in [-0.25, -0.2) is 13.1 Å². The zero-order valence-corrected chi connectivity index (χ0v) is 15.3. The predicted molar refractivity (Wildman–Crippen MR) is 98.1 cm³/mol. The van der Waals surface area contributed by atoms with Gasteiger partial charge in [-0.2, -0.15) is 0 Å². The fraction of sp³-hybridized carbons (Fsp3) is 0.353. The van der Waals surface area contributed by atoms with E-state index < -0.39 is 10.0 Å². The quantitative estimate of drug-likeness (QED) is 0.713. The molecule has 3 rings (SSSR count). The molecular weight excluding hydrogens is 358 g/mol. The summed E-state index contributed by atoms with van der Waals surface area (Å²) in [7, 11) is -3.59. The van der Waals surface area contributed by atoms with E-state index in [0.717, 1.165) is 30.8 Å². The molecule has 1 aromatic carbocycles. The van der Waals surface area contributed by atoms with E-state index in [1.54, 1.807) is 12.1 Å². The first-order chi connectivity index (χ1) is 12.0. The van der Waals surface area contributed by atoms with Gasteiger partial charge in [0.2, 0.25) is 10.0 Å². The van der Waals surface area contributed by atoms with Gasteiger partial charge >= 0.3 is 0 Å². The van der Waals surface area contributed by atoms with E-state index in [2.05, 4.69) is 15.4 Å². The standard InChI is InChI=1S/C17H21N3O3S2/c21-17(20-14-3-1-9-18-11-14)13-5-7-16(8-6-13)25(22,23)19-12-15-4-2-10-24-15/h2,4-8,10,14,18-19H,1,3,9,11-12H2,(H,20,21). The molecule has 25 heavy (non-hydrogen) atoms. The minimum atomic E-state index is -3.59. The fourth-order valence-corrected chi connectivity index (χ4v) is 4.43. The third kappa shape index (κ3) is 4.88. The van der Waals surface area contributed by atoms with Crippen LogP contribution in [-0.2, 0) is 16.6 Å². The molecule has 1 amide bonds. The number of amides is 1. The Morgan fingerprint density at radius 2 is 2.04 bits per heavy atom. The predicted octanol–water partition coefficient (Wildman–Crippen LogP) is 1.71. The van der Waals surface area contributed by atoms with Gasteiger partial charge in [-0.1, -0.05) is 6.07 Å². The van der Waals surface area contributed by atoms with Gasteiger partial charge in [0.1, 0.15) is 0 Å². The highest BCUT2D eigenvalue weighted by molar-refractivity contribution is 7.89. The fourth-order valence-electron chi connectivity index (χ4n) is 2.69. The van der Waals surface area contributed by atoms with E-state index in [1.165, 1.54) is 23.5 Å². The molecule has 1 unspecified atom stereocenters. The second-order valence-corrected chi connectivity index (χ2v) is 8.74. The second kappa shape index (κ2) is 8.09. The lowest BCUT2D eigenvalue weighted by molar-refractivity contribution is 0.0930. The molecule has 1 saturated heterocycles. The lowest BCUT2D eigenvalue weighted by atomic mass is 10.1. The summed E-state index contributed by atoms with van der Waals surface area (Å²) in [6.07, 6.45) is 2.00. The average Bonchev–Trinajstić information content (AvgIpc) is 3.15. The molecule has 0 radical (unpaired) electrons. The number of hydrogen-bond donors (Lipinski definition) is 3. The van der Waals surface area contributed by atoms with Crippen LogP contribution in [0.5, 0.6) is 0 Å². The van der Waals surface area contributed by atoms with Crippen LogP contribution in [0.15, 0.2) is 46.7 Å². The highest BCUT2D eigenvalue weighted by Gasteiger charge is 2.18. The van der Waals surface area contributed by atoms with Crippen LogP contribution in [0.4, 0.5) is 0 Å². The zero-order chi connectivity index (χ0) is 17.7. The smallest absolute Gasteiger partial charge is 0.251 e. The number of carbonyl (C=O) groups excluding carboxylic acids is 1. The Morgan fingerprint density at radius 3 is 2.68 bits per heavy atom. The van der Waals surface area contributed by atoms with Gasteiger partial charge in [0.15, 0.2) is 0 Å². The van der Waals surface area contributed by atoms with Crippen molar-refractivity contribution in [3.63, 3.8) is 0 Å². The molecule has 1 fully saturated rings. The number of piperidine rings is 1. The van der Waals surface area contributed by atoms with Crippen LogP contribution in [0, 0.1) is 0 Å². The molecule has 0 aliphatic carbocycles. The second-order valence-electron chi connectivity index (χ2n) is 5.95. The van der Waals surface area contributed by atoms with Crippen molar-refractivity contribution in [2.45, 2.75) is 30.3 Å². The molecule has 2 aromatic rings. The molecule has 0 spiro atoms. The summed E-state index contributed by atoms with van der Waals surface area (Å²) in [6, 6.07) is 9.90. The van der Waals surface area contributed by atoms with Crippen LogP contribution in [0.2, 0.25) is 0 Å². The van der Waals surface area contributed by atoms with Crippen molar-refractivity contribution in [1.82, 2.24) is 15.4 Å². The molecule has 2 heterocycles. The summed E-state index contributed by atoms with van der Waals surface area (Å²) in [4.78, 5) is 13.4. The molecule has 1 aliphatic rings. The maximum atomic E-state index is 12.3. The molecule has 1 aliphatic heterocycles. The van der Waals surface area contributed by atoms with Crippen LogP contribution in [0.1, 0.15) is 28.1 Å². The van der Waals surface area contributed by atoms with Crippen LogP contribution in [-0.4, -0.2) is 33.5 Å². The van der Waals surface area contributed by atoms with Crippen LogP contribution in [0.3, 0.4) is 0 Å². The van der Waals surface area contributed by atoms with Crippen molar-refractivity contribution < 1.29 is 13.2 Å². The van der Waals surface area contributed by atoms with E-state index >= 15 is 0 Å². The summed E-state index contributed by atoms with van der Waals surface area (Å²) in [6.45, 7) is 2.01. The van der Waals surface area contributed by atoms with Gasteiger partial charge in [0.25, 0.3) is 5.91 Å². The van der Waals surface area contributed by atoms with Gasteiger partial charge in [0.05, 0.1) is 4.90 Å². The van der Waals surface area contributed by atoms with E-state index in [4.69, 9.17) is 0 Å². The van der Waals surface area contributed by atoms with Gasteiger partial charge < -0.3 is 10.6 Å². The van der Waals surface area contributed by atoms with E-state index in [-0.39, 0.29) is 23.4 Å². The minimum absolute atomic E-state index is 0.122. The summed E-state index contributed by atoms with van der Waals surface area (Å²) >= 11 is 1.50. The molecule has 8 heteroatoms. The number of hydrogen-bond acceptors (Lipinski definition) is 5. The van der Waals surface area contributed by atoms with Crippen molar-refractivity contribution in [2.75, 3.05) is 13.1 Å². The van der Waals surface area contributed by atoms with Crippen LogP contribution < -0.4 is 15.4 Å². The maximum absolute atomic E-state index is 12.3. The number of benzene rings is 1. The first-order valence-corrected chi connectivity index (χ1v) is 10.5. The summed E-state index contributed by atoms with van der Waals surface area (Å²) in [5.41, 5.74) is 0.461. The monoisotopic (exact) mass is 379 g/mol. The SMILES string of the molecule is O=C(NC1CCCNC1)c1ccc(S(=O)(=O)NCc2cccs2)cc1. The lowest BCUT2D eigenvalue weighted by Crippen LogP contribution is -2.45. The highest BCUT2D eigenvalue weighted by atomic mass is 32.2. The normalized spacial score (nSPS) is 18.0. The molecule has 0 saturated carbocycles. The summed E-state index contributed by atoms with van der Waals surface area (Å²) in [5.74, 6) is -0.177. The van der Waals surface area contributed by atoms with Crippen molar-refractivity contribution in [2.24, 2.45) is 0 Å². The van der Waals surface area contributed by atoms with Crippen LogP contribution in [0.25, 0.3) is 0 Å². The van der Waals surface area contributed by atoms with E-state index in [1.807, 2.05) is 17.5 Å². The molecule has 134 valence electrons. The van der Waals surface area contributed by atoms with Crippen molar-refractivity contribution in [3.05, 3.63) is 52.2 Å². The topological polar surface area (TPSA) is 87.3 Å². The zero-order valence-electron chi connectivity index (χ0n) is 13.7. The van der Waals surface area contributed by atoms with Crippen molar-refractivity contribution >= 4 is 27.3 Å². The third-order valence-electron chi connectivity index (χ3n) is 4.08. The Kier molecular flexibility index (Phi) is 5.85. The Labute approximate surface area is 151 Å². The molecular formula is C17H21N3O3S2. The maximum Gasteiger partial charge on any atom is 0.251 e. The first kappa shape index (κ1) is 18.1. The van der Waals surface area contributed by atoms with Crippen molar-refractivity contribution in [3.8, 4) is 0 Å². The van der Waals surface area contributed by atoms with Gasteiger partial charge in [-0.3, -0.25) is 4.79 Å². The van der Waals surface area contributed by atoms with Gasteiger partial charge in [-0.15, -0.1) is 11.3 Å². The Balaban J connectivity index is 1.61. The first-order valence-electron chi connectivity index (χ1n) is 8.18.